The van der Waals surface area contributed by atoms with Gasteiger partial charge in [-0.1, -0.05) is 0 Å². The van der Waals surface area contributed by atoms with Crippen LogP contribution in [0.4, 0.5) is 5.69 Å². The molecule has 3 N–H and O–H groups in total. The van der Waals surface area contributed by atoms with Crippen molar-refractivity contribution in [3.63, 3.8) is 0 Å². The first-order valence-electron chi connectivity index (χ1n) is 6.34. The van der Waals surface area contributed by atoms with E-state index in [4.69, 9.17) is 9.56 Å². The molecular formula is C14H17BrN2O3S. The normalized spacial score (nSPS) is 13.2. The molecule has 0 radical (unpaired) electrons. The topological polar surface area (TPSA) is 85.3 Å². The van der Waals surface area contributed by atoms with Gasteiger partial charge in [0.25, 0.3) is 0 Å². The van der Waals surface area contributed by atoms with Gasteiger partial charge in [-0.15, -0.1) is 0 Å². The fraction of sp³-hybridized carbons (Fsp3) is 0.286. The van der Waals surface area contributed by atoms with Crippen molar-refractivity contribution in [2.45, 2.75) is 31.7 Å². The Morgan fingerprint density at radius 3 is 2.48 bits per heavy atom. The van der Waals surface area contributed by atoms with Gasteiger partial charge in [-0.2, -0.15) is 0 Å². The highest BCUT2D eigenvalue weighted by Gasteiger charge is 2.15. The number of furan rings is 1. The average Bonchev–Trinajstić information content (AvgIpc) is 2.80. The van der Waals surface area contributed by atoms with Gasteiger partial charge in [-0.3, -0.25) is 0 Å². The quantitative estimate of drug-likeness (QED) is 0.859. The van der Waals surface area contributed by atoms with Crippen LogP contribution in [-0.4, -0.2) is 8.42 Å². The van der Waals surface area contributed by atoms with Crippen LogP contribution in [0.2, 0.25) is 0 Å². The van der Waals surface area contributed by atoms with E-state index in [1.165, 1.54) is 0 Å². The molecule has 7 heteroatoms. The lowest BCUT2D eigenvalue weighted by molar-refractivity contribution is 0.471. The molecule has 0 spiro atoms. The van der Waals surface area contributed by atoms with E-state index in [0.717, 1.165) is 22.6 Å². The average molecular weight is 373 g/mol. The van der Waals surface area contributed by atoms with Gasteiger partial charge < -0.3 is 9.73 Å². The Kier molecular flexibility index (Phi) is 4.46. The molecule has 0 bridgehead atoms. The molecule has 2 rings (SSSR count). The van der Waals surface area contributed by atoms with Crippen molar-refractivity contribution in [2.24, 2.45) is 5.14 Å². The summed E-state index contributed by atoms with van der Waals surface area (Å²) in [6, 6.07) is 6.68. The molecule has 21 heavy (non-hydrogen) atoms. The Morgan fingerprint density at radius 2 is 1.95 bits per heavy atom. The van der Waals surface area contributed by atoms with E-state index in [9.17, 15) is 8.42 Å². The summed E-state index contributed by atoms with van der Waals surface area (Å²) in [6.45, 7) is 5.71. The second kappa shape index (κ2) is 5.82. The Bertz CT molecular complexity index is 769. The molecule has 2 aromatic rings. The number of hydrogen-bond donors (Lipinski definition) is 2. The second-order valence-corrected chi connectivity index (χ2v) is 7.31. The first-order valence-corrected chi connectivity index (χ1v) is 8.68. The fourth-order valence-electron chi connectivity index (χ4n) is 2.01. The Labute approximate surface area is 132 Å². The van der Waals surface area contributed by atoms with Crippen LogP contribution in [-0.2, 0) is 10.0 Å². The number of rotatable bonds is 4. The molecule has 0 amide bonds. The third-order valence-electron chi connectivity index (χ3n) is 3.36. The van der Waals surface area contributed by atoms with Crippen molar-refractivity contribution in [3.05, 3.63) is 45.8 Å². The molecule has 5 nitrogen and oxygen atoms in total. The number of halogens is 1. The molecule has 0 saturated heterocycles. The maximum absolute atomic E-state index is 11.5. The number of hydrogen-bond acceptors (Lipinski definition) is 4. The highest BCUT2D eigenvalue weighted by atomic mass is 79.9. The summed E-state index contributed by atoms with van der Waals surface area (Å²) in [5.74, 6) is 0.750. The van der Waals surface area contributed by atoms with E-state index >= 15 is 0 Å². The van der Waals surface area contributed by atoms with Crippen LogP contribution in [0.5, 0.6) is 0 Å². The summed E-state index contributed by atoms with van der Waals surface area (Å²) in [4.78, 5) is 0.0981. The van der Waals surface area contributed by atoms with Crippen LogP contribution in [0.3, 0.4) is 0 Å². The zero-order valence-corrected chi connectivity index (χ0v) is 14.4. The molecule has 1 unspecified atom stereocenters. The van der Waals surface area contributed by atoms with Crippen molar-refractivity contribution in [3.8, 4) is 0 Å². The molecule has 1 atom stereocenters. The van der Waals surface area contributed by atoms with E-state index in [2.05, 4.69) is 21.2 Å². The summed E-state index contributed by atoms with van der Waals surface area (Å²) in [5, 5.41) is 8.47. The van der Waals surface area contributed by atoms with Crippen LogP contribution in [0, 0.1) is 13.8 Å². The minimum atomic E-state index is -3.73. The highest BCUT2D eigenvalue weighted by molar-refractivity contribution is 9.10. The number of aryl methyl sites for hydroxylation is 1. The first kappa shape index (κ1) is 16.1. The highest BCUT2D eigenvalue weighted by Crippen LogP contribution is 2.28. The lowest BCUT2D eigenvalue weighted by Gasteiger charge is -2.17. The number of primary sulfonamides is 1. The van der Waals surface area contributed by atoms with Crippen LogP contribution >= 0.6 is 15.9 Å². The van der Waals surface area contributed by atoms with Crippen LogP contribution in [0.25, 0.3) is 0 Å². The monoisotopic (exact) mass is 372 g/mol. The van der Waals surface area contributed by atoms with Gasteiger partial charge in [0.2, 0.25) is 10.0 Å². The molecule has 1 aromatic carbocycles. The lowest BCUT2D eigenvalue weighted by atomic mass is 10.1. The summed E-state index contributed by atoms with van der Waals surface area (Å²) < 4.78 is 29.2. The second-order valence-electron chi connectivity index (χ2n) is 4.97. The molecule has 1 heterocycles. The zero-order valence-electron chi connectivity index (χ0n) is 12.0. The largest absolute Gasteiger partial charge is 0.452 e. The third-order valence-corrected chi connectivity index (χ3v) is 4.68. The Hall–Kier alpha value is -1.31. The van der Waals surface area contributed by atoms with Gasteiger partial charge >= 0.3 is 0 Å². The summed E-state index contributed by atoms with van der Waals surface area (Å²) in [5.41, 5.74) is 2.55. The Morgan fingerprint density at radius 1 is 1.29 bits per heavy atom. The molecule has 0 aliphatic rings. The number of nitrogens with one attached hydrogen (secondary N) is 1. The summed E-state index contributed by atoms with van der Waals surface area (Å²) in [6.07, 6.45) is 0. The minimum Gasteiger partial charge on any atom is -0.452 e. The number of nitrogens with two attached hydrogens (primary N) is 1. The van der Waals surface area contributed by atoms with Gasteiger partial charge in [0, 0.05) is 5.69 Å². The van der Waals surface area contributed by atoms with Gasteiger partial charge in [-0.05, 0) is 72.1 Å². The smallest absolute Gasteiger partial charge is 0.238 e. The van der Waals surface area contributed by atoms with Gasteiger partial charge in [0.05, 0.1) is 10.9 Å². The number of benzene rings is 1. The maximum Gasteiger partial charge on any atom is 0.238 e. The van der Waals surface area contributed by atoms with E-state index in [1.54, 1.807) is 12.1 Å². The number of sulfonamides is 1. The lowest BCUT2D eigenvalue weighted by Crippen LogP contribution is -2.14. The molecule has 0 aliphatic carbocycles. The van der Waals surface area contributed by atoms with Gasteiger partial charge in [0.15, 0.2) is 4.67 Å². The molecular weight excluding hydrogens is 356 g/mol. The summed E-state index contributed by atoms with van der Waals surface area (Å²) in [7, 11) is -3.73. The van der Waals surface area contributed by atoms with E-state index in [1.807, 2.05) is 32.9 Å². The fourth-order valence-corrected chi connectivity index (χ4v) is 2.95. The SMILES string of the molecule is Cc1cc(S(N)(=O)=O)cc(NC(C)c2ccc(Br)o2)c1C. The van der Waals surface area contributed by atoms with Crippen molar-refractivity contribution < 1.29 is 12.8 Å². The summed E-state index contributed by atoms with van der Waals surface area (Å²) >= 11 is 3.26. The van der Waals surface area contributed by atoms with Gasteiger partial charge in [0.1, 0.15) is 5.76 Å². The molecule has 0 aliphatic heterocycles. The molecule has 114 valence electrons. The minimum absolute atomic E-state index is 0.0981. The van der Waals surface area contributed by atoms with Crippen LogP contribution < -0.4 is 10.5 Å². The molecule has 0 saturated carbocycles. The molecule has 1 aromatic heterocycles. The maximum atomic E-state index is 11.5. The zero-order chi connectivity index (χ0) is 15.8. The van der Waals surface area contributed by atoms with E-state index in [-0.39, 0.29) is 10.9 Å². The first-order chi connectivity index (χ1) is 9.68. The van der Waals surface area contributed by atoms with Crippen molar-refractivity contribution in [2.75, 3.05) is 5.32 Å². The molecule has 0 fully saturated rings. The van der Waals surface area contributed by atoms with E-state index < -0.39 is 10.0 Å². The van der Waals surface area contributed by atoms with E-state index in [0.29, 0.717) is 4.67 Å². The Balaban J connectivity index is 2.37. The predicted octanol–water partition coefficient (Wildman–Crippen LogP) is 3.48. The van der Waals surface area contributed by atoms with Crippen molar-refractivity contribution in [1.29, 1.82) is 0 Å². The number of anilines is 1. The van der Waals surface area contributed by atoms with Crippen molar-refractivity contribution in [1.82, 2.24) is 0 Å². The van der Waals surface area contributed by atoms with Gasteiger partial charge in [-0.25, -0.2) is 13.6 Å². The third kappa shape index (κ3) is 3.66. The van der Waals surface area contributed by atoms with Crippen molar-refractivity contribution >= 4 is 31.6 Å². The standard InChI is InChI=1S/C14H17BrN2O3S/c1-8-6-11(21(16,18)19)7-12(9(8)2)17-10(3)13-4-5-14(15)20-13/h4-7,10,17H,1-3H3,(H2,16,18,19). The van der Waals surface area contributed by atoms with Crippen LogP contribution in [0.15, 0.2) is 38.2 Å². The predicted molar refractivity (Wildman–Crippen MR) is 85.7 cm³/mol. The van der Waals surface area contributed by atoms with Crippen LogP contribution in [0.1, 0.15) is 29.9 Å².